The molecule has 0 bridgehead atoms. The normalized spacial score (nSPS) is 17.5. The number of rotatable bonds is 11. The van der Waals surface area contributed by atoms with Crippen molar-refractivity contribution in [3.63, 3.8) is 0 Å². The van der Waals surface area contributed by atoms with E-state index in [1.165, 1.54) is 6.42 Å². The third-order valence-corrected chi connectivity index (χ3v) is 6.81. The molecular weight excluding hydrogens is 462 g/mol. The fourth-order valence-electron chi connectivity index (χ4n) is 4.80. The van der Waals surface area contributed by atoms with Gasteiger partial charge in [-0.05, 0) is 31.2 Å². The van der Waals surface area contributed by atoms with Gasteiger partial charge in [0.15, 0.2) is 0 Å². The van der Waals surface area contributed by atoms with Gasteiger partial charge in [-0.3, -0.25) is 9.59 Å². The largest absolute Gasteiger partial charge is 0.491 e. The molecule has 3 rings (SSSR count). The predicted octanol–water partition coefficient (Wildman–Crippen LogP) is 3.35. The van der Waals surface area contributed by atoms with Crippen molar-refractivity contribution in [2.45, 2.75) is 83.3 Å². The third-order valence-electron chi connectivity index (χ3n) is 6.81. The number of carbonyl (C=O) groups is 4. The molecule has 198 valence electrons. The summed E-state index contributed by atoms with van der Waals surface area (Å²) >= 11 is 0. The number of amides is 3. The smallest absolute Gasteiger partial charge is 0.407 e. The molecule has 1 fully saturated rings. The summed E-state index contributed by atoms with van der Waals surface area (Å²) in [5.74, 6) is 0.595. The molecule has 1 aliphatic heterocycles. The molecule has 0 spiro atoms. The van der Waals surface area contributed by atoms with Gasteiger partial charge in [0.1, 0.15) is 24.7 Å². The van der Waals surface area contributed by atoms with Crippen LogP contribution in [-0.4, -0.2) is 60.9 Å². The minimum atomic E-state index is -0.820. The van der Waals surface area contributed by atoms with Gasteiger partial charge >= 0.3 is 6.09 Å². The van der Waals surface area contributed by atoms with Crippen LogP contribution in [0.2, 0.25) is 0 Å². The van der Waals surface area contributed by atoms with Gasteiger partial charge in [0.05, 0.1) is 19.2 Å². The lowest BCUT2D eigenvalue weighted by molar-refractivity contribution is -0.132. The standard InChI is InChI=1S/C27H39N3O6/c1-2-15-36-27(34)29-23(17-20-8-4-3-5-9-20)26(33)28-22(19-31)12-13-25(32)30-14-16-35-24-11-7-6-10-21(24)18-30/h6-7,10-11,19-20,22-23H,2-5,8-9,12-18H2,1H3,(H,28,33)(H,29,34). The topological polar surface area (TPSA) is 114 Å². The fraction of sp³-hybridized carbons (Fsp3) is 0.630. The molecule has 2 atom stereocenters. The molecule has 9 nitrogen and oxygen atoms in total. The Labute approximate surface area is 213 Å². The molecule has 1 aliphatic carbocycles. The Hall–Kier alpha value is -3.10. The molecule has 0 saturated heterocycles. The van der Waals surface area contributed by atoms with Crippen molar-refractivity contribution in [1.82, 2.24) is 15.5 Å². The van der Waals surface area contributed by atoms with Gasteiger partial charge in [0, 0.05) is 18.5 Å². The van der Waals surface area contributed by atoms with E-state index in [4.69, 9.17) is 9.47 Å². The van der Waals surface area contributed by atoms with Gasteiger partial charge in [-0.1, -0.05) is 57.2 Å². The Morgan fingerprint density at radius 1 is 1.17 bits per heavy atom. The summed E-state index contributed by atoms with van der Waals surface area (Å²) in [4.78, 5) is 51.6. The zero-order valence-corrected chi connectivity index (χ0v) is 21.2. The lowest BCUT2D eigenvalue weighted by Gasteiger charge is -2.27. The first-order valence-corrected chi connectivity index (χ1v) is 13.2. The Kier molecular flexibility index (Phi) is 11.0. The molecule has 9 heteroatoms. The van der Waals surface area contributed by atoms with Crippen LogP contribution in [0.15, 0.2) is 24.3 Å². The van der Waals surface area contributed by atoms with E-state index in [2.05, 4.69) is 10.6 Å². The number of hydrogen-bond donors (Lipinski definition) is 2. The van der Waals surface area contributed by atoms with Gasteiger partial charge < -0.3 is 29.8 Å². The van der Waals surface area contributed by atoms with Crippen molar-refractivity contribution in [2.75, 3.05) is 19.8 Å². The summed E-state index contributed by atoms with van der Waals surface area (Å²) in [6.07, 6.45) is 6.97. The van der Waals surface area contributed by atoms with Crippen molar-refractivity contribution in [3.05, 3.63) is 29.8 Å². The number of aldehydes is 1. The molecule has 0 radical (unpaired) electrons. The van der Waals surface area contributed by atoms with Crippen LogP contribution in [0.3, 0.4) is 0 Å². The van der Waals surface area contributed by atoms with E-state index in [0.717, 1.165) is 37.0 Å². The van der Waals surface area contributed by atoms with Crippen molar-refractivity contribution >= 4 is 24.2 Å². The highest BCUT2D eigenvalue weighted by Gasteiger charge is 2.28. The van der Waals surface area contributed by atoms with Crippen LogP contribution >= 0.6 is 0 Å². The zero-order valence-electron chi connectivity index (χ0n) is 21.2. The quantitative estimate of drug-likeness (QED) is 0.450. The van der Waals surface area contributed by atoms with E-state index in [-0.39, 0.29) is 25.4 Å². The number of para-hydroxylation sites is 1. The molecule has 1 heterocycles. The second-order valence-electron chi connectivity index (χ2n) is 9.63. The maximum atomic E-state index is 13.1. The Bertz CT molecular complexity index is 886. The van der Waals surface area contributed by atoms with Crippen molar-refractivity contribution < 1.29 is 28.7 Å². The number of nitrogens with one attached hydrogen (secondary N) is 2. The number of carbonyl (C=O) groups excluding carboxylic acids is 4. The second-order valence-corrected chi connectivity index (χ2v) is 9.63. The Morgan fingerprint density at radius 3 is 2.69 bits per heavy atom. The highest BCUT2D eigenvalue weighted by molar-refractivity contribution is 5.87. The van der Waals surface area contributed by atoms with Crippen LogP contribution in [0.5, 0.6) is 5.75 Å². The maximum Gasteiger partial charge on any atom is 0.407 e. The predicted molar refractivity (Wildman–Crippen MR) is 134 cm³/mol. The summed E-state index contributed by atoms with van der Waals surface area (Å²) in [7, 11) is 0. The van der Waals surface area contributed by atoms with E-state index in [1.807, 2.05) is 31.2 Å². The number of benzene rings is 1. The van der Waals surface area contributed by atoms with E-state index >= 15 is 0 Å². The van der Waals surface area contributed by atoms with Crippen molar-refractivity contribution in [2.24, 2.45) is 5.92 Å². The number of ether oxygens (including phenoxy) is 2. The van der Waals surface area contributed by atoms with E-state index in [1.54, 1.807) is 4.90 Å². The van der Waals surface area contributed by atoms with Gasteiger partial charge in [-0.15, -0.1) is 0 Å². The first kappa shape index (κ1) is 27.5. The zero-order chi connectivity index (χ0) is 25.8. The summed E-state index contributed by atoms with van der Waals surface area (Å²) in [5, 5.41) is 5.41. The number of alkyl carbamates (subject to hydrolysis) is 1. The van der Waals surface area contributed by atoms with E-state index in [9.17, 15) is 19.2 Å². The van der Waals surface area contributed by atoms with Gasteiger partial charge in [0.25, 0.3) is 0 Å². The van der Waals surface area contributed by atoms with E-state index < -0.39 is 24.1 Å². The maximum absolute atomic E-state index is 13.1. The van der Waals surface area contributed by atoms with Crippen LogP contribution in [0, 0.1) is 5.92 Å². The average molecular weight is 502 g/mol. The van der Waals surface area contributed by atoms with Crippen LogP contribution < -0.4 is 15.4 Å². The summed E-state index contributed by atoms with van der Waals surface area (Å²) in [5.41, 5.74) is 0.940. The van der Waals surface area contributed by atoms with Crippen molar-refractivity contribution in [1.29, 1.82) is 0 Å². The van der Waals surface area contributed by atoms with Gasteiger partial charge in [-0.25, -0.2) is 4.79 Å². The Morgan fingerprint density at radius 2 is 1.94 bits per heavy atom. The fourth-order valence-corrected chi connectivity index (χ4v) is 4.80. The second kappa shape index (κ2) is 14.5. The van der Waals surface area contributed by atoms with Crippen molar-refractivity contribution in [3.8, 4) is 5.75 Å². The molecule has 2 unspecified atom stereocenters. The van der Waals surface area contributed by atoms with E-state index in [0.29, 0.717) is 44.7 Å². The Balaban J connectivity index is 1.54. The SMILES string of the molecule is CCCOC(=O)NC(CC1CCCCC1)C(=O)NC(C=O)CCC(=O)N1CCOc2ccccc2C1. The molecular formula is C27H39N3O6. The van der Waals surface area contributed by atoms with Gasteiger partial charge in [0.2, 0.25) is 11.8 Å². The number of fused-ring (bicyclic) bond motifs is 1. The number of nitrogens with zero attached hydrogens (tertiary/aromatic N) is 1. The highest BCUT2D eigenvalue weighted by Crippen LogP contribution is 2.27. The van der Waals surface area contributed by atoms with Gasteiger partial charge in [-0.2, -0.15) is 0 Å². The molecule has 1 saturated carbocycles. The monoisotopic (exact) mass is 501 g/mol. The third kappa shape index (κ3) is 8.53. The van der Waals surface area contributed by atoms with Crippen LogP contribution in [0.1, 0.15) is 70.3 Å². The minimum absolute atomic E-state index is 0.101. The highest BCUT2D eigenvalue weighted by atomic mass is 16.5. The number of hydrogen-bond acceptors (Lipinski definition) is 6. The average Bonchev–Trinajstić information content (AvgIpc) is 3.12. The molecule has 3 amide bonds. The molecule has 1 aromatic rings. The first-order valence-electron chi connectivity index (χ1n) is 13.2. The van der Waals surface area contributed by atoms with Crippen LogP contribution in [-0.2, 0) is 25.7 Å². The summed E-state index contributed by atoms with van der Waals surface area (Å²) in [6.45, 7) is 3.47. The molecule has 1 aromatic carbocycles. The first-order chi connectivity index (χ1) is 17.5. The molecule has 2 aliphatic rings. The summed E-state index contributed by atoms with van der Waals surface area (Å²) in [6, 6.07) is 6.02. The van der Waals surface area contributed by atoms with Crippen LogP contribution in [0.4, 0.5) is 4.79 Å². The van der Waals surface area contributed by atoms with Crippen LogP contribution in [0.25, 0.3) is 0 Å². The lowest BCUT2D eigenvalue weighted by Crippen LogP contribution is -2.51. The summed E-state index contributed by atoms with van der Waals surface area (Å²) < 4.78 is 10.8. The molecule has 2 N–H and O–H groups in total. The molecule has 0 aromatic heterocycles. The lowest BCUT2D eigenvalue weighted by atomic mass is 9.84. The molecule has 36 heavy (non-hydrogen) atoms. The minimum Gasteiger partial charge on any atom is -0.491 e.